The molecular weight excluding hydrogens is 222 g/mol. The van der Waals surface area contributed by atoms with Crippen LogP contribution in [0.4, 0.5) is 0 Å². The second-order valence-corrected chi connectivity index (χ2v) is 5.45. The van der Waals surface area contributed by atoms with E-state index < -0.39 is 11.9 Å². The molecule has 0 spiro atoms. The molecule has 1 unspecified atom stereocenters. The number of carbonyl (C=O) groups is 1. The van der Waals surface area contributed by atoms with Crippen LogP contribution in [0.25, 0.3) is 0 Å². The monoisotopic (exact) mass is 241 g/mol. The van der Waals surface area contributed by atoms with Crippen molar-refractivity contribution in [3.05, 3.63) is 22.4 Å². The lowest BCUT2D eigenvalue weighted by atomic mass is 9.91. The molecule has 1 amide bonds. The fourth-order valence-electron chi connectivity index (χ4n) is 1.39. The Morgan fingerprint density at radius 1 is 1.62 bits per heavy atom. The number of nitrogens with two attached hydrogens (primary N) is 2. The molecule has 1 rings (SSSR count). The Bertz CT molecular complexity index is 335. The number of rotatable bonds is 6. The summed E-state index contributed by atoms with van der Waals surface area (Å²) in [5.74, 6) is -0.471. The molecular formula is C11H19N3OS. The lowest BCUT2D eigenvalue weighted by Crippen LogP contribution is -2.46. The van der Waals surface area contributed by atoms with Gasteiger partial charge in [0.05, 0.1) is 6.04 Å². The molecule has 0 fully saturated rings. The third-order valence-corrected chi connectivity index (χ3v) is 3.72. The molecule has 1 heterocycles. The van der Waals surface area contributed by atoms with Crippen molar-refractivity contribution in [1.29, 1.82) is 0 Å². The summed E-state index contributed by atoms with van der Waals surface area (Å²) in [6, 6.07) is 3.54. The first-order chi connectivity index (χ1) is 7.43. The Kier molecular flexibility index (Phi) is 4.46. The van der Waals surface area contributed by atoms with Gasteiger partial charge in [0.1, 0.15) is 0 Å². The van der Waals surface area contributed by atoms with Crippen molar-refractivity contribution in [3.63, 3.8) is 0 Å². The number of primary amides is 1. The largest absolute Gasteiger partial charge is 0.368 e. The summed E-state index contributed by atoms with van der Waals surface area (Å²) in [6.45, 7) is 5.50. The van der Waals surface area contributed by atoms with Crippen LogP contribution in [0, 0.1) is 0 Å². The van der Waals surface area contributed by atoms with E-state index in [1.54, 1.807) is 11.3 Å². The lowest BCUT2D eigenvalue weighted by Gasteiger charge is -2.24. The predicted octanol–water partition coefficient (Wildman–Crippen LogP) is 0.428. The van der Waals surface area contributed by atoms with Gasteiger partial charge in [-0.3, -0.25) is 4.79 Å². The van der Waals surface area contributed by atoms with Crippen LogP contribution < -0.4 is 16.8 Å². The van der Waals surface area contributed by atoms with Crippen molar-refractivity contribution in [3.8, 4) is 0 Å². The highest BCUT2D eigenvalue weighted by molar-refractivity contribution is 7.10. The van der Waals surface area contributed by atoms with Gasteiger partial charge in [0.25, 0.3) is 0 Å². The molecule has 0 aromatic carbocycles. The van der Waals surface area contributed by atoms with Gasteiger partial charge in [-0.15, -0.1) is 11.3 Å². The van der Waals surface area contributed by atoms with Gasteiger partial charge >= 0.3 is 0 Å². The van der Waals surface area contributed by atoms with Crippen LogP contribution >= 0.6 is 11.3 Å². The number of thiophene rings is 1. The molecule has 0 radical (unpaired) electrons. The molecule has 1 atom stereocenters. The van der Waals surface area contributed by atoms with Crippen LogP contribution in [-0.4, -0.2) is 25.0 Å². The van der Waals surface area contributed by atoms with Gasteiger partial charge in [0.15, 0.2) is 0 Å². The Labute approximate surface area is 100 Å². The summed E-state index contributed by atoms with van der Waals surface area (Å²) in [4.78, 5) is 12.1. The molecule has 0 aliphatic heterocycles. The maximum Gasteiger partial charge on any atom is 0.235 e. The van der Waals surface area contributed by atoms with Gasteiger partial charge < -0.3 is 16.8 Å². The third kappa shape index (κ3) is 3.59. The zero-order valence-corrected chi connectivity index (χ0v) is 10.5. The number of hydrogen-bond donors (Lipinski definition) is 3. The van der Waals surface area contributed by atoms with Gasteiger partial charge in [-0.2, -0.15) is 0 Å². The van der Waals surface area contributed by atoms with Crippen LogP contribution in [0.3, 0.4) is 0 Å². The minimum atomic E-state index is -0.612. The standard InChI is InChI=1S/C11H19N3OS/c1-11(2,9-4-3-5-16-9)7-14-6-8(12)10(13)15/h3-5,8,14H,6-7,12H2,1-2H3,(H2,13,15). The predicted molar refractivity (Wildman–Crippen MR) is 67.4 cm³/mol. The Balaban J connectivity index is 2.40. The summed E-state index contributed by atoms with van der Waals surface area (Å²) < 4.78 is 0. The average molecular weight is 241 g/mol. The van der Waals surface area contributed by atoms with Gasteiger partial charge in [-0.25, -0.2) is 0 Å². The Morgan fingerprint density at radius 3 is 2.81 bits per heavy atom. The van der Waals surface area contributed by atoms with Crippen molar-refractivity contribution < 1.29 is 4.79 Å². The normalized spacial score (nSPS) is 13.7. The fraction of sp³-hybridized carbons (Fsp3) is 0.545. The van der Waals surface area contributed by atoms with E-state index in [0.29, 0.717) is 6.54 Å². The van der Waals surface area contributed by atoms with Crippen molar-refractivity contribution >= 4 is 17.2 Å². The highest BCUT2D eigenvalue weighted by atomic mass is 32.1. The second-order valence-electron chi connectivity index (χ2n) is 4.50. The molecule has 5 heteroatoms. The molecule has 5 N–H and O–H groups in total. The second kappa shape index (κ2) is 5.43. The Morgan fingerprint density at radius 2 is 2.31 bits per heavy atom. The van der Waals surface area contributed by atoms with Crippen LogP contribution in [0.15, 0.2) is 17.5 Å². The molecule has 0 saturated carbocycles. The van der Waals surface area contributed by atoms with Crippen LogP contribution in [-0.2, 0) is 10.2 Å². The van der Waals surface area contributed by atoms with E-state index in [1.807, 2.05) is 6.07 Å². The van der Waals surface area contributed by atoms with Crippen LogP contribution in [0.1, 0.15) is 18.7 Å². The van der Waals surface area contributed by atoms with Gasteiger partial charge in [0.2, 0.25) is 5.91 Å². The maximum atomic E-state index is 10.7. The summed E-state index contributed by atoms with van der Waals surface area (Å²) in [6.07, 6.45) is 0. The van der Waals surface area contributed by atoms with E-state index in [-0.39, 0.29) is 5.41 Å². The van der Waals surface area contributed by atoms with Gasteiger partial charge in [-0.05, 0) is 11.4 Å². The highest BCUT2D eigenvalue weighted by Crippen LogP contribution is 2.26. The molecule has 0 aliphatic rings. The molecule has 90 valence electrons. The molecule has 1 aromatic heterocycles. The molecule has 1 aromatic rings. The van der Waals surface area contributed by atoms with Crippen molar-refractivity contribution in [2.24, 2.45) is 11.5 Å². The van der Waals surface area contributed by atoms with E-state index in [4.69, 9.17) is 11.5 Å². The van der Waals surface area contributed by atoms with Gasteiger partial charge in [0, 0.05) is 23.4 Å². The zero-order valence-electron chi connectivity index (χ0n) is 9.69. The molecule has 4 nitrogen and oxygen atoms in total. The first kappa shape index (κ1) is 13.2. The highest BCUT2D eigenvalue weighted by Gasteiger charge is 2.21. The number of nitrogens with one attached hydrogen (secondary N) is 1. The zero-order chi connectivity index (χ0) is 12.2. The quantitative estimate of drug-likeness (QED) is 0.675. The van der Waals surface area contributed by atoms with E-state index in [2.05, 4.69) is 30.6 Å². The van der Waals surface area contributed by atoms with E-state index >= 15 is 0 Å². The molecule has 16 heavy (non-hydrogen) atoms. The van der Waals surface area contributed by atoms with E-state index in [0.717, 1.165) is 6.54 Å². The van der Waals surface area contributed by atoms with Crippen molar-refractivity contribution in [1.82, 2.24) is 5.32 Å². The number of hydrogen-bond acceptors (Lipinski definition) is 4. The van der Waals surface area contributed by atoms with Gasteiger partial charge in [-0.1, -0.05) is 19.9 Å². The minimum Gasteiger partial charge on any atom is -0.368 e. The average Bonchev–Trinajstić information content (AvgIpc) is 2.70. The first-order valence-corrected chi connectivity index (χ1v) is 6.11. The molecule has 0 bridgehead atoms. The molecule has 0 saturated heterocycles. The SMILES string of the molecule is CC(C)(CNCC(N)C(N)=O)c1cccs1. The molecule has 0 aliphatic carbocycles. The summed E-state index contributed by atoms with van der Waals surface area (Å²) >= 11 is 1.73. The van der Waals surface area contributed by atoms with Crippen molar-refractivity contribution in [2.45, 2.75) is 25.3 Å². The lowest BCUT2D eigenvalue weighted by molar-refractivity contribution is -0.119. The first-order valence-electron chi connectivity index (χ1n) is 5.23. The van der Waals surface area contributed by atoms with Crippen LogP contribution in [0.2, 0.25) is 0 Å². The van der Waals surface area contributed by atoms with Crippen molar-refractivity contribution in [2.75, 3.05) is 13.1 Å². The smallest absolute Gasteiger partial charge is 0.235 e. The summed E-state index contributed by atoms with van der Waals surface area (Å²) in [5.41, 5.74) is 10.7. The van der Waals surface area contributed by atoms with Crippen LogP contribution in [0.5, 0.6) is 0 Å². The minimum absolute atomic E-state index is 0.0472. The number of amides is 1. The van der Waals surface area contributed by atoms with E-state index in [1.165, 1.54) is 4.88 Å². The Hall–Kier alpha value is -0.910. The maximum absolute atomic E-state index is 10.7. The third-order valence-electron chi connectivity index (χ3n) is 2.48. The fourth-order valence-corrected chi connectivity index (χ4v) is 2.24. The summed E-state index contributed by atoms with van der Waals surface area (Å²) in [7, 11) is 0. The topological polar surface area (TPSA) is 81.1 Å². The van der Waals surface area contributed by atoms with E-state index in [9.17, 15) is 4.79 Å². The number of carbonyl (C=O) groups excluding carboxylic acids is 1. The summed E-state index contributed by atoms with van der Waals surface area (Å²) in [5, 5.41) is 5.24.